The van der Waals surface area contributed by atoms with Crippen LogP contribution in [0.1, 0.15) is 19.3 Å². The lowest BCUT2D eigenvalue weighted by Crippen LogP contribution is -2.36. The summed E-state index contributed by atoms with van der Waals surface area (Å²) in [6.45, 7) is 0.857. The minimum atomic E-state index is -0.383. The second kappa shape index (κ2) is 6.47. The van der Waals surface area contributed by atoms with Crippen molar-refractivity contribution in [2.24, 2.45) is 5.92 Å². The Bertz CT molecular complexity index is 1080. The monoisotopic (exact) mass is 381 g/mol. The van der Waals surface area contributed by atoms with Crippen molar-refractivity contribution in [3.05, 3.63) is 36.5 Å². The molecule has 1 aromatic carbocycles. The van der Waals surface area contributed by atoms with Gasteiger partial charge in [-0.25, -0.2) is 14.4 Å². The van der Waals surface area contributed by atoms with Gasteiger partial charge in [0.2, 0.25) is 0 Å². The summed E-state index contributed by atoms with van der Waals surface area (Å²) < 4.78 is 22.1. The fraction of sp³-hybridized carbons (Fsp3) is 0.350. The maximum absolute atomic E-state index is 14.6. The molecule has 0 unspecified atom stereocenters. The van der Waals surface area contributed by atoms with Crippen LogP contribution in [0.3, 0.4) is 0 Å². The Hall–Kier alpha value is -3.16. The van der Waals surface area contributed by atoms with Gasteiger partial charge in [0.15, 0.2) is 18.2 Å². The van der Waals surface area contributed by atoms with Gasteiger partial charge in [0.1, 0.15) is 5.82 Å². The maximum Gasteiger partial charge on any atom is 0.265 e. The molecule has 0 atom stereocenters. The van der Waals surface area contributed by atoms with Crippen molar-refractivity contribution in [1.82, 2.24) is 14.5 Å². The van der Waals surface area contributed by atoms with Gasteiger partial charge >= 0.3 is 0 Å². The minimum Gasteiger partial charge on any atom is -0.480 e. The largest absolute Gasteiger partial charge is 0.480 e. The highest BCUT2D eigenvalue weighted by Crippen LogP contribution is 2.34. The van der Waals surface area contributed by atoms with Crippen LogP contribution < -0.4 is 15.0 Å². The molecule has 144 valence electrons. The van der Waals surface area contributed by atoms with Crippen LogP contribution in [0.25, 0.3) is 11.0 Å². The van der Waals surface area contributed by atoms with Gasteiger partial charge < -0.3 is 14.6 Å². The van der Waals surface area contributed by atoms with Crippen molar-refractivity contribution in [2.45, 2.75) is 25.8 Å². The second-order valence-electron chi connectivity index (χ2n) is 7.40. The second-order valence-corrected chi connectivity index (χ2v) is 7.40. The summed E-state index contributed by atoms with van der Waals surface area (Å²) in [4.78, 5) is 21.8. The van der Waals surface area contributed by atoms with Gasteiger partial charge in [-0.05, 0) is 18.4 Å². The molecule has 7 nitrogen and oxygen atoms in total. The molecule has 1 N–H and O–H groups in total. The number of hydrogen-bond acceptors (Lipinski definition) is 5. The number of hydrogen-bond donors (Lipinski definition) is 1. The van der Waals surface area contributed by atoms with E-state index < -0.39 is 0 Å². The van der Waals surface area contributed by atoms with Gasteiger partial charge in [-0.2, -0.15) is 0 Å². The van der Waals surface area contributed by atoms with Crippen LogP contribution in [0.5, 0.6) is 5.75 Å². The summed E-state index contributed by atoms with van der Waals surface area (Å²) in [7, 11) is 1.65. The number of likely N-dealkylation sites (N-methyl/N-ethyl adjacent to an activating group) is 1. The summed E-state index contributed by atoms with van der Waals surface area (Å²) in [5.74, 6) is 1.23. The highest BCUT2D eigenvalue weighted by molar-refractivity contribution is 5.96. The van der Waals surface area contributed by atoms with Gasteiger partial charge in [-0.3, -0.25) is 9.69 Å². The fourth-order valence-corrected chi connectivity index (χ4v) is 3.45. The molecule has 0 bridgehead atoms. The quantitative estimate of drug-likeness (QED) is 0.733. The van der Waals surface area contributed by atoms with Crippen LogP contribution in [-0.4, -0.2) is 34.1 Å². The Morgan fingerprint density at radius 1 is 1.29 bits per heavy atom. The van der Waals surface area contributed by atoms with E-state index in [1.165, 1.54) is 23.8 Å². The summed E-state index contributed by atoms with van der Waals surface area (Å²) >= 11 is 0. The Kier molecular flexibility index (Phi) is 3.92. The van der Waals surface area contributed by atoms with Crippen molar-refractivity contribution in [1.29, 1.82) is 0 Å². The van der Waals surface area contributed by atoms with E-state index >= 15 is 0 Å². The van der Waals surface area contributed by atoms with E-state index in [-0.39, 0.29) is 18.3 Å². The first-order valence-corrected chi connectivity index (χ1v) is 9.39. The number of carbonyl (C=O) groups is 1. The Labute approximate surface area is 161 Å². The van der Waals surface area contributed by atoms with Gasteiger partial charge in [0.05, 0.1) is 34.9 Å². The highest BCUT2D eigenvalue weighted by Gasteiger charge is 2.24. The molecule has 2 aliphatic rings. The SMILES string of the molecule is CN1C(=O)COc2cc(Nc3cc4c(cc3F)ncn4CCC3CC3)cnc21. The Morgan fingerprint density at radius 2 is 2.14 bits per heavy atom. The molecule has 0 saturated heterocycles. The number of fused-ring (bicyclic) bond motifs is 2. The maximum atomic E-state index is 14.6. The predicted molar refractivity (Wildman–Crippen MR) is 103 cm³/mol. The standard InChI is InChI=1S/C20H20FN5O2/c1-25-19(27)10-28-18-6-13(9-22-20(18)25)24-15-8-17-16(7-14(15)21)23-11-26(17)5-4-12-2-3-12/h6-9,11-12,24H,2-5,10H2,1H3. The average molecular weight is 381 g/mol. The number of anilines is 3. The zero-order valence-electron chi connectivity index (χ0n) is 15.5. The zero-order valence-corrected chi connectivity index (χ0v) is 15.5. The fourth-order valence-electron chi connectivity index (χ4n) is 3.45. The van der Waals surface area contributed by atoms with E-state index in [2.05, 4.69) is 19.9 Å². The van der Waals surface area contributed by atoms with E-state index in [4.69, 9.17) is 4.74 Å². The van der Waals surface area contributed by atoms with E-state index in [9.17, 15) is 9.18 Å². The first-order chi connectivity index (χ1) is 13.6. The molecule has 3 heterocycles. The van der Waals surface area contributed by atoms with Crippen LogP contribution in [0.15, 0.2) is 30.7 Å². The van der Waals surface area contributed by atoms with E-state index in [1.54, 1.807) is 31.7 Å². The van der Waals surface area contributed by atoms with Crippen LogP contribution in [0.2, 0.25) is 0 Å². The molecule has 8 heteroatoms. The molecule has 1 fully saturated rings. The lowest BCUT2D eigenvalue weighted by molar-refractivity contribution is -0.121. The number of nitrogens with one attached hydrogen (secondary N) is 1. The molecule has 3 aromatic rings. The number of rotatable bonds is 5. The molecular weight excluding hydrogens is 361 g/mol. The lowest BCUT2D eigenvalue weighted by atomic mass is 10.2. The number of aromatic nitrogens is 3. The molecule has 0 radical (unpaired) electrons. The number of carbonyl (C=O) groups excluding carboxylic acids is 1. The number of nitrogens with zero attached hydrogens (tertiary/aromatic N) is 4. The minimum absolute atomic E-state index is 0.0326. The number of amides is 1. The number of ether oxygens (including phenoxy) is 1. The van der Waals surface area contributed by atoms with Gasteiger partial charge in [0, 0.05) is 25.7 Å². The third-order valence-electron chi connectivity index (χ3n) is 5.34. The lowest BCUT2D eigenvalue weighted by Gasteiger charge is -2.25. The van der Waals surface area contributed by atoms with E-state index in [0.29, 0.717) is 28.5 Å². The van der Waals surface area contributed by atoms with Gasteiger partial charge in [-0.15, -0.1) is 0 Å². The smallest absolute Gasteiger partial charge is 0.265 e. The van der Waals surface area contributed by atoms with E-state index in [0.717, 1.165) is 24.4 Å². The molecule has 1 aliphatic carbocycles. The van der Waals surface area contributed by atoms with Crippen LogP contribution in [-0.2, 0) is 11.3 Å². The topological polar surface area (TPSA) is 72.3 Å². The first kappa shape index (κ1) is 17.0. The molecular formula is C20H20FN5O2. The van der Waals surface area contributed by atoms with Crippen molar-refractivity contribution in [3.63, 3.8) is 0 Å². The molecule has 2 aromatic heterocycles. The van der Waals surface area contributed by atoms with Crippen LogP contribution in [0, 0.1) is 11.7 Å². The van der Waals surface area contributed by atoms with E-state index in [1.807, 2.05) is 0 Å². The summed E-state index contributed by atoms with van der Waals surface area (Å²) in [6, 6.07) is 4.94. The van der Waals surface area contributed by atoms with Crippen LogP contribution in [0.4, 0.5) is 21.6 Å². The molecule has 1 saturated carbocycles. The molecule has 1 amide bonds. The summed E-state index contributed by atoms with van der Waals surface area (Å²) in [6.07, 6.45) is 7.08. The number of imidazole rings is 1. The number of halogens is 1. The Balaban J connectivity index is 1.43. The molecule has 0 spiro atoms. The first-order valence-electron chi connectivity index (χ1n) is 9.39. The molecule has 1 aliphatic heterocycles. The normalized spacial score (nSPS) is 16.2. The van der Waals surface area contributed by atoms with Gasteiger partial charge in [0.25, 0.3) is 5.91 Å². The van der Waals surface area contributed by atoms with Crippen LogP contribution >= 0.6 is 0 Å². The van der Waals surface area contributed by atoms with Crippen molar-refractivity contribution < 1.29 is 13.9 Å². The number of benzene rings is 1. The third kappa shape index (κ3) is 3.04. The van der Waals surface area contributed by atoms with Crippen molar-refractivity contribution in [2.75, 3.05) is 23.9 Å². The molecule has 5 rings (SSSR count). The third-order valence-corrected chi connectivity index (χ3v) is 5.34. The average Bonchev–Trinajstić information content (AvgIpc) is 3.44. The number of aryl methyl sites for hydroxylation is 1. The van der Waals surface area contributed by atoms with Gasteiger partial charge in [-0.1, -0.05) is 12.8 Å². The Morgan fingerprint density at radius 3 is 2.96 bits per heavy atom. The van der Waals surface area contributed by atoms with Crippen molar-refractivity contribution in [3.8, 4) is 5.75 Å². The number of pyridine rings is 1. The summed E-state index contributed by atoms with van der Waals surface area (Å²) in [5, 5.41) is 3.07. The van der Waals surface area contributed by atoms with Crippen molar-refractivity contribution >= 4 is 34.1 Å². The highest BCUT2D eigenvalue weighted by atomic mass is 19.1. The predicted octanol–water partition coefficient (Wildman–Crippen LogP) is 3.47. The molecule has 28 heavy (non-hydrogen) atoms. The zero-order chi connectivity index (χ0) is 19.3. The summed E-state index contributed by atoms with van der Waals surface area (Å²) in [5.41, 5.74) is 2.48.